The van der Waals surface area contributed by atoms with E-state index in [-0.39, 0.29) is 18.4 Å². The Morgan fingerprint density at radius 2 is 1.55 bits per heavy atom. The van der Waals surface area contributed by atoms with Crippen molar-refractivity contribution < 1.29 is 29.0 Å². The Kier molecular flexibility index (Phi) is 5.27. The van der Waals surface area contributed by atoms with E-state index in [1.807, 2.05) is 0 Å². The van der Waals surface area contributed by atoms with Crippen LogP contribution in [0.2, 0.25) is 0 Å². The Morgan fingerprint density at radius 3 is 2.06 bits per heavy atom. The molecule has 10 nitrogen and oxygen atoms in total. The molecule has 2 aromatic carbocycles. The normalized spacial score (nSPS) is 14.2. The third-order valence-electron chi connectivity index (χ3n) is 4.61. The highest BCUT2D eigenvalue weighted by molar-refractivity contribution is 6.02. The highest BCUT2D eigenvalue weighted by Crippen LogP contribution is 2.21. The molecule has 0 unspecified atom stereocenters. The van der Waals surface area contributed by atoms with Crippen LogP contribution in [-0.2, 0) is 21.5 Å². The summed E-state index contributed by atoms with van der Waals surface area (Å²) in [5, 5.41) is 20.6. The predicted octanol–water partition coefficient (Wildman–Crippen LogP) is 0.166. The zero-order chi connectivity index (χ0) is 22.0. The van der Waals surface area contributed by atoms with Gasteiger partial charge in [0.15, 0.2) is 0 Å². The summed E-state index contributed by atoms with van der Waals surface area (Å²) in [4.78, 5) is 40.2. The molecule has 0 radical (unpaired) electrons. The molecule has 3 aromatic rings. The van der Waals surface area contributed by atoms with E-state index in [9.17, 15) is 19.5 Å². The topological polar surface area (TPSA) is 121 Å². The molecule has 31 heavy (non-hydrogen) atoms. The Bertz CT molecular complexity index is 1170. The average molecular weight is 419 g/mol. The van der Waals surface area contributed by atoms with Crippen molar-refractivity contribution in [3.8, 4) is 11.1 Å². The van der Waals surface area contributed by atoms with E-state index in [0.29, 0.717) is 10.6 Å². The van der Waals surface area contributed by atoms with Crippen molar-refractivity contribution in [3.63, 3.8) is 0 Å². The first-order valence-electron chi connectivity index (χ1n) is 9.35. The third-order valence-corrected chi connectivity index (χ3v) is 4.61. The minimum Gasteiger partial charge on any atom is -0.856 e. The summed E-state index contributed by atoms with van der Waals surface area (Å²) >= 11 is 0. The van der Waals surface area contributed by atoms with E-state index >= 15 is 0 Å². The van der Waals surface area contributed by atoms with Gasteiger partial charge in [0.2, 0.25) is 6.33 Å². The molecule has 1 fully saturated rings. The number of nitrogens with zero attached hydrogens (tertiary/aromatic N) is 5. The molecule has 0 atom stereocenters. The monoisotopic (exact) mass is 419 g/mol. The molecule has 0 N–H and O–H groups in total. The van der Waals surface area contributed by atoms with Gasteiger partial charge in [-0.1, -0.05) is 36.4 Å². The van der Waals surface area contributed by atoms with Crippen molar-refractivity contribution in [2.45, 2.75) is 12.8 Å². The zero-order valence-corrected chi connectivity index (χ0v) is 16.5. The molecule has 10 heteroatoms. The predicted molar refractivity (Wildman–Crippen MR) is 104 cm³/mol. The van der Waals surface area contributed by atoms with Crippen molar-refractivity contribution in [1.82, 2.24) is 14.8 Å². The van der Waals surface area contributed by atoms with Crippen LogP contribution in [0.5, 0.6) is 0 Å². The summed E-state index contributed by atoms with van der Waals surface area (Å²) in [6, 6.07) is 13.3. The number of imide groups is 1. The van der Waals surface area contributed by atoms with Gasteiger partial charge in [0.05, 0.1) is 12.6 Å². The molecule has 0 spiro atoms. The number of aromatic nitrogens is 3. The van der Waals surface area contributed by atoms with Gasteiger partial charge < -0.3 is 9.94 Å². The van der Waals surface area contributed by atoms with E-state index in [4.69, 9.17) is 4.84 Å². The van der Waals surface area contributed by atoms with Gasteiger partial charge in [-0.3, -0.25) is 9.59 Å². The first kappa shape index (κ1) is 20.0. The minimum atomic E-state index is -0.786. The van der Waals surface area contributed by atoms with Crippen LogP contribution >= 0.6 is 0 Å². The van der Waals surface area contributed by atoms with Crippen molar-refractivity contribution in [2.75, 3.05) is 0 Å². The molecular weight excluding hydrogens is 402 g/mol. The van der Waals surface area contributed by atoms with Crippen LogP contribution in [0.1, 0.15) is 28.8 Å². The highest BCUT2D eigenvalue weighted by Gasteiger charge is 2.33. The van der Waals surface area contributed by atoms with Crippen molar-refractivity contribution in [3.05, 3.63) is 72.3 Å². The molecule has 4 rings (SSSR count). The Morgan fingerprint density at radius 1 is 1.00 bits per heavy atom. The van der Waals surface area contributed by atoms with Crippen molar-refractivity contribution in [2.24, 2.45) is 12.1 Å². The summed E-state index contributed by atoms with van der Waals surface area (Å²) in [5.74, 6) is -2.25. The fourth-order valence-corrected chi connectivity index (χ4v) is 2.98. The number of rotatable bonds is 5. The van der Waals surface area contributed by atoms with Gasteiger partial charge in [-0.05, 0) is 28.8 Å². The summed E-state index contributed by atoms with van der Waals surface area (Å²) < 4.78 is 2.86. The summed E-state index contributed by atoms with van der Waals surface area (Å²) in [5.41, 5.74) is 2.26. The molecule has 0 saturated carbocycles. The molecule has 2 heterocycles. The first-order valence-corrected chi connectivity index (χ1v) is 9.35. The zero-order valence-electron chi connectivity index (χ0n) is 16.5. The van der Waals surface area contributed by atoms with Crippen LogP contribution < -0.4 is 9.78 Å². The lowest BCUT2D eigenvalue weighted by atomic mass is 10.0. The number of amides is 2. The fourth-order valence-electron chi connectivity index (χ4n) is 2.98. The maximum atomic E-state index is 12.3. The summed E-state index contributed by atoms with van der Waals surface area (Å²) in [6.07, 6.45) is 3.07. The van der Waals surface area contributed by atoms with E-state index in [0.717, 1.165) is 11.1 Å². The molecular formula is C21H17N5O5. The largest absolute Gasteiger partial charge is 0.856 e. The lowest BCUT2D eigenvalue weighted by Gasteiger charge is -2.13. The summed E-state index contributed by atoms with van der Waals surface area (Å²) in [6.45, 7) is 0. The van der Waals surface area contributed by atoms with E-state index < -0.39 is 23.7 Å². The third kappa shape index (κ3) is 4.32. The molecule has 156 valence electrons. The quantitative estimate of drug-likeness (QED) is 0.252. The number of hydrogen-bond acceptors (Lipinski definition) is 7. The molecule has 1 aliphatic rings. The standard InChI is InChI=1S/C21H17N5O5/c1-24-13-25(12-22-24)23-20(29)16-6-2-14(3-7-16)15-4-8-17(9-5-15)21(30)31-26-18(27)10-11-19(26)28/h2-9,12-13H,10-11H2,1H3. The second-order valence-corrected chi connectivity index (χ2v) is 6.82. The van der Waals surface area contributed by atoms with E-state index in [2.05, 4.69) is 10.2 Å². The average Bonchev–Trinajstić information content (AvgIpc) is 3.33. The van der Waals surface area contributed by atoms with Crippen LogP contribution in [0, 0.1) is 0 Å². The second-order valence-electron chi connectivity index (χ2n) is 6.82. The maximum Gasteiger partial charge on any atom is 0.363 e. The van der Waals surface area contributed by atoms with Gasteiger partial charge in [0.1, 0.15) is 0 Å². The number of carbonyl (C=O) groups excluding carboxylic acids is 3. The number of benzene rings is 2. The van der Waals surface area contributed by atoms with Gasteiger partial charge in [-0.2, -0.15) is 0 Å². The van der Waals surface area contributed by atoms with Crippen molar-refractivity contribution >= 4 is 23.7 Å². The van der Waals surface area contributed by atoms with Crippen LogP contribution in [0.3, 0.4) is 0 Å². The van der Waals surface area contributed by atoms with Gasteiger partial charge >= 0.3 is 5.97 Å². The van der Waals surface area contributed by atoms with Gasteiger partial charge in [0, 0.05) is 23.8 Å². The Labute approximate surface area is 176 Å². The van der Waals surface area contributed by atoms with Gasteiger partial charge in [0.25, 0.3) is 18.1 Å². The minimum absolute atomic E-state index is 0.0394. The van der Waals surface area contributed by atoms with E-state index in [1.54, 1.807) is 49.8 Å². The smallest absolute Gasteiger partial charge is 0.363 e. The SMILES string of the molecule is Cn1c[n+](/N=C(\[O-])c2ccc(-c3ccc(C(=O)ON4C(=O)CCC4=O)cc3)cc2)cn1. The molecule has 2 amide bonds. The van der Waals surface area contributed by atoms with Crippen LogP contribution in [-0.4, -0.2) is 38.5 Å². The van der Waals surface area contributed by atoms with Crippen molar-refractivity contribution in [1.29, 1.82) is 0 Å². The lowest BCUT2D eigenvalue weighted by molar-refractivity contribution is -0.682. The molecule has 1 aliphatic heterocycles. The molecule has 0 bridgehead atoms. The number of hydrogen-bond donors (Lipinski definition) is 0. The van der Waals surface area contributed by atoms with Crippen LogP contribution in [0.25, 0.3) is 11.1 Å². The lowest BCUT2D eigenvalue weighted by Crippen LogP contribution is -2.32. The van der Waals surface area contributed by atoms with E-state index in [1.165, 1.54) is 27.8 Å². The number of aryl methyl sites for hydroxylation is 1. The summed E-state index contributed by atoms with van der Waals surface area (Å²) in [7, 11) is 1.72. The molecule has 1 saturated heterocycles. The fraction of sp³-hybridized carbons (Fsp3) is 0.143. The molecule has 0 aliphatic carbocycles. The van der Waals surface area contributed by atoms with Crippen LogP contribution in [0.4, 0.5) is 0 Å². The Hall–Kier alpha value is -4.34. The number of hydroxylamine groups is 2. The van der Waals surface area contributed by atoms with Gasteiger partial charge in [-0.15, -0.1) is 19.5 Å². The number of carbonyl (C=O) groups is 3. The Balaban J connectivity index is 1.45. The van der Waals surface area contributed by atoms with Gasteiger partial charge in [-0.25, -0.2) is 4.79 Å². The second kappa shape index (κ2) is 8.19. The molecule has 1 aromatic heterocycles. The maximum absolute atomic E-state index is 12.3. The van der Waals surface area contributed by atoms with Crippen LogP contribution in [0.15, 0.2) is 66.3 Å². The first-order chi connectivity index (χ1) is 14.9. The highest BCUT2D eigenvalue weighted by atomic mass is 16.7.